The summed E-state index contributed by atoms with van der Waals surface area (Å²) < 4.78 is 4.85. The Morgan fingerprint density at radius 2 is 2.19 bits per heavy atom. The number of nitrogens with zero attached hydrogens (tertiary/aromatic N) is 2. The molecule has 0 spiro atoms. The van der Waals surface area contributed by atoms with E-state index < -0.39 is 0 Å². The molecule has 0 unspecified atom stereocenters. The minimum atomic E-state index is 0.0339. The van der Waals surface area contributed by atoms with Crippen molar-refractivity contribution >= 4 is 17.4 Å². The highest BCUT2D eigenvalue weighted by Crippen LogP contribution is 2.08. The molecule has 0 saturated heterocycles. The van der Waals surface area contributed by atoms with Gasteiger partial charge in [-0.3, -0.25) is 9.78 Å². The van der Waals surface area contributed by atoms with Crippen LogP contribution in [0.3, 0.4) is 0 Å². The van der Waals surface area contributed by atoms with Crippen LogP contribution in [-0.2, 0) is 17.6 Å². The van der Waals surface area contributed by atoms with E-state index in [-0.39, 0.29) is 18.6 Å². The fourth-order valence-corrected chi connectivity index (χ4v) is 1.41. The van der Waals surface area contributed by atoms with E-state index >= 15 is 0 Å². The molecule has 0 aliphatic carbocycles. The molecule has 0 saturated carbocycles. The maximum Gasteiger partial charge on any atom is 0.146 e. The summed E-state index contributed by atoms with van der Waals surface area (Å²) >= 11 is 5.69. The van der Waals surface area contributed by atoms with E-state index in [1.807, 2.05) is 0 Å². The molecule has 2 aromatic rings. The largest absolute Gasteiger partial charge is 0.361 e. The van der Waals surface area contributed by atoms with E-state index in [1.54, 1.807) is 18.2 Å². The summed E-state index contributed by atoms with van der Waals surface area (Å²) in [5, 5.41) is 4.10. The lowest BCUT2D eigenvalue weighted by Crippen LogP contribution is -2.07. The Morgan fingerprint density at radius 3 is 2.81 bits per heavy atom. The number of aromatic nitrogens is 2. The summed E-state index contributed by atoms with van der Waals surface area (Å²) in [6.45, 7) is 0. The third-order valence-electron chi connectivity index (χ3n) is 2.03. The zero-order valence-electron chi connectivity index (χ0n) is 8.39. The Morgan fingerprint density at radius 1 is 1.31 bits per heavy atom. The second-order valence-corrected chi connectivity index (χ2v) is 3.78. The highest BCUT2D eigenvalue weighted by Gasteiger charge is 2.08. The van der Waals surface area contributed by atoms with Crippen LogP contribution < -0.4 is 0 Å². The van der Waals surface area contributed by atoms with Crippen molar-refractivity contribution < 1.29 is 9.32 Å². The van der Waals surface area contributed by atoms with E-state index in [0.29, 0.717) is 16.5 Å². The monoisotopic (exact) mass is 236 g/mol. The highest BCUT2D eigenvalue weighted by molar-refractivity contribution is 6.30. The minimum absolute atomic E-state index is 0.0339. The second-order valence-electron chi connectivity index (χ2n) is 3.34. The third kappa shape index (κ3) is 2.90. The van der Waals surface area contributed by atoms with Crippen molar-refractivity contribution in [3.63, 3.8) is 0 Å². The van der Waals surface area contributed by atoms with Gasteiger partial charge in [0.25, 0.3) is 0 Å². The predicted octanol–water partition coefficient (Wildman–Crippen LogP) is 2.08. The molecule has 0 aliphatic heterocycles. The summed E-state index contributed by atoms with van der Waals surface area (Å²) in [5.41, 5.74) is 0.703. The average molecular weight is 237 g/mol. The van der Waals surface area contributed by atoms with Crippen LogP contribution in [0.2, 0.25) is 5.02 Å². The number of hydrogen-bond acceptors (Lipinski definition) is 4. The molecule has 4 nitrogen and oxygen atoms in total. The molecule has 0 aliphatic rings. The van der Waals surface area contributed by atoms with E-state index in [4.69, 9.17) is 16.1 Å². The molecule has 0 atom stereocenters. The molecule has 2 heterocycles. The first-order chi connectivity index (χ1) is 7.74. The fraction of sp³-hybridized carbons (Fsp3) is 0.182. The standard InChI is InChI=1S/C11H9ClN2O2/c12-8-1-2-9(13-7-8)5-10(15)6-11-3-4-14-16-11/h1-4,7H,5-6H2. The van der Waals surface area contributed by atoms with Gasteiger partial charge in [-0.2, -0.15) is 0 Å². The molecule has 0 aromatic carbocycles. The normalized spacial score (nSPS) is 10.3. The van der Waals surface area contributed by atoms with Crippen molar-refractivity contribution in [1.29, 1.82) is 0 Å². The van der Waals surface area contributed by atoms with Crippen molar-refractivity contribution in [3.8, 4) is 0 Å². The zero-order valence-corrected chi connectivity index (χ0v) is 9.15. The van der Waals surface area contributed by atoms with Crippen LogP contribution in [0.4, 0.5) is 0 Å². The molecule has 0 amide bonds. The van der Waals surface area contributed by atoms with Gasteiger partial charge in [-0.15, -0.1) is 0 Å². The number of Topliss-reactive ketones (excluding diaryl/α,β-unsaturated/α-hetero) is 1. The summed E-state index contributed by atoms with van der Waals surface area (Å²) in [5.74, 6) is 0.602. The molecule has 2 aromatic heterocycles. The number of rotatable bonds is 4. The van der Waals surface area contributed by atoms with Crippen molar-refractivity contribution in [2.24, 2.45) is 0 Å². The van der Waals surface area contributed by atoms with Crippen LogP contribution in [-0.4, -0.2) is 15.9 Å². The molecule has 82 valence electrons. The van der Waals surface area contributed by atoms with Crippen LogP contribution in [0.15, 0.2) is 35.1 Å². The average Bonchev–Trinajstić information content (AvgIpc) is 2.74. The van der Waals surface area contributed by atoms with Crippen LogP contribution in [0.25, 0.3) is 0 Å². The molecular weight excluding hydrogens is 228 g/mol. The van der Waals surface area contributed by atoms with Crippen molar-refractivity contribution in [3.05, 3.63) is 47.1 Å². The van der Waals surface area contributed by atoms with E-state index in [2.05, 4.69) is 10.1 Å². The van der Waals surface area contributed by atoms with Gasteiger partial charge in [0, 0.05) is 24.4 Å². The third-order valence-corrected chi connectivity index (χ3v) is 2.25. The van der Waals surface area contributed by atoms with Crippen LogP contribution >= 0.6 is 11.6 Å². The Bertz CT molecular complexity index is 465. The van der Waals surface area contributed by atoms with Gasteiger partial charge in [0.1, 0.15) is 11.5 Å². The molecule has 0 radical (unpaired) electrons. The summed E-state index contributed by atoms with van der Waals surface area (Å²) in [4.78, 5) is 15.7. The van der Waals surface area contributed by atoms with Crippen molar-refractivity contribution in [2.45, 2.75) is 12.8 Å². The fourth-order valence-electron chi connectivity index (χ4n) is 1.30. The van der Waals surface area contributed by atoms with Crippen LogP contribution in [0.5, 0.6) is 0 Å². The minimum Gasteiger partial charge on any atom is -0.361 e. The molecule has 0 fully saturated rings. The highest BCUT2D eigenvalue weighted by atomic mass is 35.5. The van der Waals surface area contributed by atoms with Gasteiger partial charge in [-0.1, -0.05) is 16.8 Å². The van der Waals surface area contributed by atoms with E-state index in [9.17, 15) is 4.79 Å². The molecule has 0 N–H and O–H groups in total. The summed E-state index contributed by atoms with van der Waals surface area (Å²) in [6.07, 6.45) is 3.56. The molecule has 2 rings (SSSR count). The number of hydrogen-bond donors (Lipinski definition) is 0. The number of carbonyl (C=O) groups is 1. The Balaban J connectivity index is 1.95. The lowest BCUT2D eigenvalue weighted by Gasteiger charge is -1.98. The van der Waals surface area contributed by atoms with Gasteiger partial charge in [-0.25, -0.2) is 0 Å². The van der Waals surface area contributed by atoms with Gasteiger partial charge in [0.2, 0.25) is 0 Å². The van der Waals surface area contributed by atoms with Gasteiger partial charge in [0.05, 0.1) is 17.6 Å². The van der Waals surface area contributed by atoms with Crippen molar-refractivity contribution in [1.82, 2.24) is 10.1 Å². The molecule has 0 bridgehead atoms. The van der Waals surface area contributed by atoms with Crippen LogP contribution in [0, 0.1) is 0 Å². The number of pyridine rings is 1. The quantitative estimate of drug-likeness (QED) is 0.816. The van der Waals surface area contributed by atoms with E-state index in [0.717, 1.165) is 0 Å². The van der Waals surface area contributed by atoms with Crippen LogP contribution in [0.1, 0.15) is 11.5 Å². The van der Waals surface area contributed by atoms with E-state index in [1.165, 1.54) is 12.4 Å². The topological polar surface area (TPSA) is 56.0 Å². The molecular formula is C11H9ClN2O2. The number of halogens is 1. The Kier molecular flexibility index (Phi) is 3.31. The summed E-state index contributed by atoms with van der Waals surface area (Å²) in [6, 6.07) is 5.12. The maximum absolute atomic E-state index is 11.6. The Hall–Kier alpha value is -1.68. The van der Waals surface area contributed by atoms with Gasteiger partial charge >= 0.3 is 0 Å². The van der Waals surface area contributed by atoms with Gasteiger partial charge in [-0.05, 0) is 12.1 Å². The maximum atomic E-state index is 11.6. The smallest absolute Gasteiger partial charge is 0.146 e. The first-order valence-corrected chi connectivity index (χ1v) is 5.13. The number of ketones is 1. The molecule has 16 heavy (non-hydrogen) atoms. The zero-order chi connectivity index (χ0) is 11.4. The predicted molar refractivity (Wildman–Crippen MR) is 58.2 cm³/mol. The second kappa shape index (κ2) is 4.90. The SMILES string of the molecule is O=C(Cc1ccc(Cl)cn1)Cc1ccno1. The first kappa shape index (κ1) is 10.8. The molecule has 5 heteroatoms. The van der Waals surface area contributed by atoms with Gasteiger partial charge in [0.15, 0.2) is 0 Å². The Labute approximate surface area is 97.2 Å². The first-order valence-electron chi connectivity index (χ1n) is 4.76. The lowest BCUT2D eigenvalue weighted by atomic mass is 10.1. The summed E-state index contributed by atoms with van der Waals surface area (Å²) in [7, 11) is 0. The van der Waals surface area contributed by atoms with Crippen molar-refractivity contribution in [2.75, 3.05) is 0 Å². The van der Waals surface area contributed by atoms with Gasteiger partial charge < -0.3 is 4.52 Å². The number of carbonyl (C=O) groups excluding carboxylic acids is 1. The lowest BCUT2D eigenvalue weighted by molar-refractivity contribution is -0.118.